The Kier molecular flexibility index (Phi) is 6.78. The molecule has 2 atom stereocenters. The highest BCUT2D eigenvalue weighted by molar-refractivity contribution is 7.09. The third-order valence-electron chi connectivity index (χ3n) is 4.40. The van der Waals surface area contributed by atoms with Crippen LogP contribution in [0.4, 0.5) is 0 Å². The van der Waals surface area contributed by atoms with Crippen molar-refractivity contribution in [3.05, 3.63) is 46.7 Å². The van der Waals surface area contributed by atoms with Crippen LogP contribution >= 0.6 is 11.3 Å². The van der Waals surface area contributed by atoms with Crippen LogP contribution in [0.25, 0.3) is 11.7 Å². The van der Waals surface area contributed by atoms with Crippen molar-refractivity contribution in [3.8, 4) is 11.7 Å². The van der Waals surface area contributed by atoms with Gasteiger partial charge in [0.05, 0.1) is 12.8 Å². The first-order chi connectivity index (χ1) is 13.2. The van der Waals surface area contributed by atoms with E-state index in [4.69, 9.17) is 8.83 Å². The topological polar surface area (TPSA) is 85.6 Å². The predicted molar refractivity (Wildman–Crippen MR) is 102 cm³/mol. The maximum atomic E-state index is 12.6. The van der Waals surface area contributed by atoms with Crippen molar-refractivity contribution in [3.63, 3.8) is 0 Å². The first kappa shape index (κ1) is 19.3. The van der Waals surface area contributed by atoms with Crippen LogP contribution in [0.3, 0.4) is 0 Å². The van der Waals surface area contributed by atoms with Crippen LogP contribution in [-0.2, 0) is 17.8 Å². The number of quaternary nitrogens is 1. The molecule has 7 nitrogen and oxygen atoms in total. The lowest BCUT2D eigenvalue weighted by Crippen LogP contribution is -3.15. The maximum Gasteiger partial charge on any atom is 0.283 e. The van der Waals surface area contributed by atoms with E-state index in [0.717, 1.165) is 24.3 Å². The number of nitrogens with one attached hydrogen (secondary N) is 2. The fourth-order valence-electron chi connectivity index (χ4n) is 2.90. The van der Waals surface area contributed by atoms with Crippen LogP contribution < -0.4 is 10.2 Å². The highest BCUT2D eigenvalue weighted by atomic mass is 32.1. The Morgan fingerprint density at radius 1 is 1.33 bits per heavy atom. The zero-order valence-electron chi connectivity index (χ0n) is 15.6. The van der Waals surface area contributed by atoms with E-state index in [1.165, 1.54) is 4.88 Å². The third-order valence-corrected chi connectivity index (χ3v) is 5.34. The van der Waals surface area contributed by atoms with Gasteiger partial charge in [0.1, 0.15) is 0 Å². The Morgan fingerprint density at radius 2 is 2.22 bits per heavy atom. The maximum absolute atomic E-state index is 12.6. The molecule has 0 spiro atoms. The van der Waals surface area contributed by atoms with Crippen LogP contribution in [-0.4, -0.2) is 35.2 Å². The molecule has 0 aliphatic heterocycles. The van der Waals surface area contributed by atoms with Gasteiger partial charge in [-0.3, -0.25) is 4.79 Å². The van der Waals surface area contributed by atoms with Gasteiger partial charge in [-0.15, -0.1) is 21.5 Å². The third kappa shape index (κ3) is 5.27. The minimum absolute atomic E-state index is 0.0424. The molecule has 0 saturated carbocycles. The van der Waals surface area contributed by atoms with Crippen LogP contribution in [0, 0.1) is 0 Å². The molecule has 3 aromatic heterocycles. The van der Waals surface area contributed by atoms with Crippen molar-refractivity contribution in [1.29, 1.82) is 0 Å². The van der Waals surface area contributed by atoms with Crippen LogP contribution in [0.2, 0.25) is 0 Å². The molecule has 0 aliphatic rings. The second-order valence-corrected chi connectivity index (χ2v) is 7.44. The minimum Gasteiger partial charge on any atom is -0.459 e. The lowest BCUT2D eigenvalue weighted by atomic mass is 10.2. The van der Waals surface area contributed by atoms with Gasteiger partial charge in [0, 0.05) is 11.4 Å². The average Bonchev–Trinajstić information content (AvgIpc) is 3.42. The van der Waals surface area contributed by atoms with E-state index in [1.54, 1.807) is 29.7 Å². The van der Waals surface area contributed by atoms with E-state index >= 15 is 0 Å². The Hall–Kier alpha value is -2.45. The number of carbonyl (C=O) groups is 1. The smallest absolute Gasteiger partial charge is 0.283 e. The van der Waals surface area contributed by atoms with Gasteiger partial charge in [0.25, 0.3) is 17.7 Å². The number of aromatic nitrogens is 2. The molecule has 0 bridgehead atoms. The molecular weight excluding hydrogens is 364 g/mol. The fourth-order valence-corrected chi connectivity index (χ4v) is 3.61. The standard InChI is InChI=1S/C19H24N4O3S/c1-3-10-23(13-17-21-22-19(26-17)16-7-4-11-25-16)14(2)18(24)20-9-8-15-6-5-12-27-15/h4-7,11-12,14H,3,8-10,13H2,1-2H3,(H,20,24)/p+1/t14-/m1/s1. The Labute approximate surface area is 162 Å². The van der Waals surface area contributed by atoms with Gasteiger partial charge >= 0.3 is 0 Å². The first-order valence-corrected chi connectivity index (χ1v) is 10.1. The summed E-state index contributed by atoms with van der Waals surface area (Å²) < 4.78 is 11.0. The van der Waals surface area contributed by atoms with E-state index < -0.39 is 0 Å². The van der Waals surface area contributed by atoms with E-state index in [9.17, 15) is 4.79 Å². The van der Waals surface area contributed by atoms with Crippen molar-refractivity contribution >= 4 is 17.2 Å². The lowest BCUT2D eigenvalue weighted by Gasteiger charge is -2.23. The van der Waals surface area contributed by atoms with E-state index in [2.05, 4.69) is 28.5 Å². The summed E-state index contributed by atoms with van der Waals surface area (Å²) in [5.74, 6) is 1.45. The molecule has 0 radical (unpaired) electrons. The van der Waals surface area contributed by atoms with Gasteiger partial charge in [-0.05, 0) is 43.3 Å². The van der Waals surface area contributed by atoms with E-state index in [1.807, 2.05) is 18.4 Å². The van der Waals surface area contributed by atoms with Crippen molar-refractivity contribution in [2.24, 2.45) is 0 Å². The van der Waals surface area contributed by atoms with Gasteiger partial charge in [-0.2, -0.15) is 0 Å². The van der Waals surface area contributed by atoms with Crippen molar-refractivity contribution in [2.45, 2.75) is 39.3 Å². The largest absolute Gasteiger partial charge is 0.459 e. The molecule has 27 heavy (non-hydrogen) atoms. The molecular formula is C19H25N4O3S+. The number of hydrogen-bond donors (Lipinski definition) is 2. The highest BCUT2D eigenvalue weighted by Crippen LogP contribution is 2.17. The van der Waals surface area contributed by atoms with Crippen molar-refractivity contribution < 1.29 is 18.5 Å². The highest BCUT2D eigenvalue weighted by Gasteiger charge is 2.26. The summed E-state index contributed by atoms with van der Waals surface area (Å²) in [5.41, 5.74) is 0. The van der Waals surface area contributed by atoms with Crippen LogP contribution in [0.1, 0.15) is 31.0 Å². The zero-order chi connectivity index (χ0) is 19.1. The summed E-state index contributed by atoms with van der Waals surface area (Å²) in [5, 5.41) is 13.2. The number of carbonyl (C=O) groups excluding carboxylic acids is 1. The quantitative estimate of drug-likeness (QED) is 0.553. The average molecular weight is 390 g/mol. The Bertz CT molecular complexity index is 814. The second-order valence-electron chi connectivity index (χ2n) is 6.41. The zero-order valence-corrected chi connectivity index (χ0v) is 16.4. The number of nitrogens with zero attached hydrogens (tertiary/aromatic N) is 2. The Balaban J connectivity index is 1.56. The summed E-state index contributed by atoms with van der Waals surface area (Å²) in [7, 11) is 0. The summed E-state index contributed by atoms with van der Waals surface area (Å²) in [4.78, 5) is 14.9. The normalized spacial score (nSPS) is 13.4. The second kappa shape index (κ2) is 9.48. The molecule has 1 amide bonds. The molecule has 0 fully saturated rings. The van der Waals surface area contributed by atoms with Crippen molar-refractivity contribution in [2.75, 3.05) is 13.1 Å². The van der Waals surface area contributed by atoms with E-state index in [0.29, 0.717) is 30.6 Å². The van der Waals surface area contributed by atoms with E-state index in [-0.39, 0.29) is 11.9 Å². The molecule has 3 heterocycles. The Morgan fingerprint density at radius 3 is 2.93 bits per heavy atom. The van der Waals surface area contributed by atoms with Gasteiger partial charge < -0.3 is 19.1 Å². The number of furan rings is 1. The molecule has 1 unspecified atom stereocenters. The number of rotatable bonds is 10. The summed E-state index contributed by atoms with van der Waals surface area (Å²) in [6, 6.07) is 7.46. The predicted octanol–water partition coefficient (Wildman–Crippen LogP) is 1.93. The van der Waals surface area contributed by atoms with Gasteiger partial charge in [-0.1, -0.05) is 13.0 Å². The van der Waals surface area contributed by atoms with Crippen molar-refractivity contribution in [1.82, 2.24) is 15.5 Å². The molecule has 0 saturated heterocycles. The van der Waals surface area contributed by atoms with Gasteiger partial charge in [0.2, 0.25) is 0 Å². The molecule has 8 heteroatoms. The monoisotopic (exact) mass is 389 g/mol. The number of thiophene rings is 1. The summed E-state index contributed by atoms with van der Waals surface area (Å²) in [6.07, 6.45) is 3.38. The fraction of sp³-hybridized carbons (Fsp3) is 0.421. The molecule has 0 aliphatic carbocycles. The van der Waals surface area contributed by atoms with Gasteiger partial charge in [-0.25, -0.2) is 0 Å². The number of hydrogen-bond acceptors (Lipinski definition) is 6. The molecule has 2 N–H and O–H groups in total. The summed E-state index contributed by atoms with van der Waals surface area (Å²) in [6.45, 7) is 6.03. The van der Waals surface area contributed by atoms with Crippen LogP contribution in [0.15, 0.2) is 44.7 Å². The molecule has 3 aromatic rings. The minimum atomic E-state index is -0.202. The first-order valence-electron chi connectivity index (χ1n) is 9.18. The SMILES string of the molecule is CCC[NH+](Cc1nnc(-c2ccco2)o1)[C@H](C)C(=O)NCCc1cccs1. The molecule has 144 valence electrons. The van der Waals surface area contributed by atoms with Crippen LogP contribution in [0.5, 0.6) is 0 Å². The summed E-state index contributed by atoms with van der Waals surface area (Å²) >= 11 is 1.71. The number of amides is 1. The molecule has 0 aromatic carbocycles. The lowest BCUT2D eigenvalue weighted by molar-refractivity contribution is -0.929. The molecule has 3 rings (SSSR count). The van der Waals surface area contributed by atoms with Gasteiger partial charge in [0.15, 0.2) is 18.3 Å².